The van der Waals surface area contributed by atoms with Crippen molar-refractivity contribution >= 4 is 23.2 Å². The summed E-state index contributed by atoms with van der Waals surface area (Å²) in [5.41, 5.74) is 1.41. The Bertz CT molecular complexity index is 761. The van der Waals surface area contributed by atoms with Crippen molar-refractivity contribution in [3.8, 4) is 5.75 Å². The second-order valence-electron chi connectivity index (χ2n) is 5.16. The van der Waals surface area contributed by atoms with Crippen LogP contribution in [0.25, 0.3) is 0 Å². The molecule has 2 aromatic carbocycles. The molecule has 23 heavy (non-hydrogen) atoms. The number of anilines is 2. The number of nitrogens with one attached hydrogen (secondary N) is 2. The lowest BCUT2D eigenvalue weighted by Crippen LogP contribution is -2.26. The smallest absolute Gasteiger partial charge is 0.262 e. The summed E-state index contributed by atoms with van der Waals surface area (Å²) in [6, 6.07) is 11.5. The quantitative estimate of drug-likeness (QED) is 0.912. The second-order valence-corrected chi connectivity index (χ2v) is 5.16. The molecule has 0 unspecified atom stereocenters. The number of fused-ring (bicyclic) bond motifs is 1. The number of ether oxygens (including phenoxy) is 1. The van der Waals surface area contributed by atoms with Crippen molar-refractivity contribution < 1.29 is 18.7 Å². The van der Waals surface area contributed by atoms with Crippen LogP contribution in [-0.2, 0) is 16.0 Å². The fraction of sp³-hybridized carbons (Fsp3) is 0.176. The first-order valence-electron chi connectivity index (χ1n) is 7.22. The van der Waals surface area contributed by atoms with Crippen molar-refractivity contribution in [2.24, 2.45) is 0 Å². The Balaban J connectivity index is 1.67. The van der Waals surface area contributed by atoms with Crippen LogP contribution in [0.5, 0.6) is 5.75 Å². The van der Waals surface area contributed by atoms with Gasteiger partial charge >= 0.3 is 0 Å². The first-order chi connectivity index (χ1) is 11.1. The van der Waals surface area contributed by atoms with Crippen molar-refractivity contribution in [1.82, 2.24) is 0 Å². The van der Waals surface area contributed by atoms with Gasteiger partial charge in [-0.25, -0.2) is 4.39 Å². The molecule has 2 N–H and O–H groups in total. The number of para-hydroxylation sites is 1. The molecule has 118 valence electrons. The van der Waals surface area contributed by atoms with E-state index >= 15 is 0 Å². The minimum Gasteiger partial charge on any atom is -0.481 e. The Morgan fingerprint density at radius 2 is 2.04 bits per heavy atom. The summed E-state index contributed by atoms with van der Waals surface area (Å²) in [4.78, 5) is 23.5. The number of rotatable bonds is 4. The first kappa shape index (κ1) is 15.0. The fourth-order valence-corrected chi connectivity index (χ4v) is 2.37. The monoisotopic (exact) mass is 314 g/mol. The Kier molecular flexibility index (Phi) is 4.23. The normalized spacial score (nSPS) is 12.8. The predicted octanol–water partition coefficient (Wildman–Crippen LogP) is 2.73. The molecule has 5 nitrogen and oxygen atoms in total. The van der Waals surface area contributed by atoms with E-state index in [4.69, 9.17) is 4.74 Å². The van der Waals surface area contributed by atoms with Gasteiger partial charge < -0.3 is 15.4 Å². The third kappa shape index (κ3) is 3.48. The van der Waals surface area contributed by atoms with E-state index in [1.54, 1.807) is 36.4 Å². The average Bonchev–Trinajstić information content (AvgIpc) is 2.55. The van der Waals surface area contributed by atoms with Crippen LogP contribution in [0, 0.1) is 5.82 Å². The van der Waals surface area contributed by atoms with Gasteiger partial charge in [0.1, 0.15) is 17.3 Å². The first-order valence-corrected chi connectivity index (χ1v) is 7.22. The zero-order chi connectivity index (χ0) is 16.2. The predicted molar refractivity (Wildman–Crippen MR) is 83.9 cm³/mol. The van der Waals surface area contributed by atoms with Crippen LogP contribution in [0.4, 0.5) is 15.8 Å². The number of hydrogen-bond donors (Lipinski definition) is 2. The van der Waals surface area contributed by atoms with Gasteiger partial charge in [-0.3, -0.25) is 9.59 Å². The Hall–Kier alpha value is -2.89. The SMILES string of the molecule is O=C(CCc1ccccc1F)Nc1cccc2c1NC(=O)CO2. The highest BCUT2D eigenvalue weighted by molar-refractivity contribution is 6.03. The molecule has 3 rings (SSSR count). The molecule has 0 atom stereocenters. The molecule has 1 aliphatic rings. The average molecular weight is 314 g/mol. The molecule has 0 saturated heterocycles. The summed E-state index contributed by atoms with van der Waals surface area (Å²) in [6.07, 6.45) is 0.440. The fourth-order valence-electron chi connectivity index (χ4n) is 2.37. The number of carbonyl (C=O) groups excluding carboxylic acids is 2. The van der Waals surface area contributed by atoms with Crippen LogP contribution in [0.3, 0.4) is 0 Å². The van der Waals surface area contributed by atoms with Crippen molar-refractivity contribution in [1.29, 1.82) is 0 Å². The standard InChI is InChI=1S/C17H15FN2O3/c18-12-5-2-1-4-11(12)8-9-15(21)19-13-6-3-7-14-17(13)20-16(22)10-23-14/h1-7H,8-10H2,(H,19,21)(H,20,22). The maximum absolute atomic E-state index is 13.5. The van der Waals surface area contributed by atoms with E-state index in [0.29, 0.717) is 29.1 Å². The Morgan fingerprint density at radius 3 is 2.87 bits per heavy atom. The van der Waals surface area contributed by atoms with Gasteiger partial charge in [0.2, 0.25) is 5.91 Å². The Labute approximate surface area is 132 Å². The zero-order valence-corrected chi connectivity index (χ0v) is 12.3. The van der Waals surface area contributed by atoms with E-state index < -0.39 is 0 Å². The highest BCUT2D eigenvalue weighted by atomic mass is 19.1. The van der Waals surface area contributed by atoms with Gasteiger partial charge in [-0.05, 0) is 30.2 Å². The van der Waals surface area contributed by atoms with Gasteiger partial charge in [0.15, 0.2) is 6.61 Å². The summed E-state index contributed by atoms with van der Waals surface area (Å²) < 4.78 is 18.8. The topological polar surface area (TPSA) is 67.4 Å². The van der Waals surface area contributed by atoms with Gasteiger partial charge in [-0.1, -0.05) is 24.3 Å². The third-order valence-corrected chi connectivity index (χ3v) is 3.50. The summed E-state index contributed by atoms with van der Waals surface area (Å²) in [5, 5.41) is 5.40. The highest BCUT2D eigenvalue weighted by Crippen LogP contribution is 2.34. The van der Waals surface area contributed by atoms with E-state index in [2.05, 4.69) is 10.6 Å². The number of hydrogen-bond acceptors (Lipinski definition) is 3. The minimum absolute atomic E-state index is 0.0440. The van der Waals surface area contributed by atoms with Crippen molar-refractivity contribution in [2.45, 2.75) is 12.8 Å². The van der Waals surface area contributed by atoms with Gasteiger partial charge in [0.25, 0.3) is 5.91 Å². The van der Waals surface area contributed by atoms with E-state index in [1.807, 2.05) is 0 Å². The van der Waals surface area contributed by atoms with Crippen LogP contribution in [0.2, 0.25) is 0 Å². The zero-order valence-electron chi connectivity index (χ0n) is 12.3. The molecule has 1 heterocycles. The lowest BCUT2D eigenvalue weighted by Gasteiger charge is -2.20. The Morgan fingerprint density at radius 1 is 1.22 bits per heavy atom. The molecular formula is C17H15FN2O3. The molecule has 0 bridgehead atoms. The highest BCUT2D eigenvalue weighted by Gasteiger charge is 2.19. The number of benzene rings is 2. The molecule has 6 heteroatoms. The molecule has 0 radical (unpaired) electrons. The molecule has 2 aromatic rings. The molecule has 0 spiro atoms. The molecule has 0 aliphatic carbocycles. The number of carbonyl (C=O) groups is 2. The number of amides is 2. The van der Waals surface area contributed by atoms with Crippen LogP contribution in [0.15, 0.2) is 42.5 Å². The lowest BCUT2D eigenvalue weighted by atomic mass is 10.1. The summed E-state index contributed by atoms with van der Waals surface area (Å²) in [5.74, 6) is -0.346. The molecule has 1 aliphatic heterocycles. The molecule has 0 fully saturated rings. The number of halogens is 1. The van der Waals surface area contributed by atoms with Gasteiger partial charge in [0.05, 0.1) is 5.69 Å². The third-order valence-electron chi connectivity index (χ3n) is 3.50. The second kappa shape index (κ2) is 6.48. The summed E-state index contributed by atoms with van der Waals surface area (Å²) in [6.45, 7) is -0.0440. The van der Waals surface area contributed by atoms with Crippen LogP contribution >= 0.6 is 0 Å². The maximum atomic E-state index is 13.5. The molecule has 2 amide bonds. The van der Waals surface area contributed by atoms with Crippen LogP contribution < -0.4 is 15.4 Å². The lowest BCUT2D eigenvalue weighted by molar-refractivity contribution is -0.119. The van der Waals surface area contributed by atoms with Crippen molar-refractivity contribution in [3.63, 3.8) is 0 Å². The van der Waals surface area contributed by atoms with Crippen LogP contribution in [0.1, 0.15) is 12.0 Å². The van der Waals surface area contributed by atoms with Crippen LogP contribution in [-0.4, -0.2) is 18.4 Å². The van der Waals surface area contributed by atoms with Crippen molar-refractivity contribution in [3.05, 3.63) is 53.8 Å². The largest absolute Gasteiger partial charge is 0.481 e. The van der Waals surface area contributed by atoms with Crippen molar-refractivity contribution in [2.75, 3.05) is 17.2 Å². The minimum atomic E-state index is -0.321. The molecular weight excluding hydrogens is 299 g/mol. The summed E-state index contributed by atoms with van der Waals surface area (Å²) >= 11 is 0. The maximum Gasteiger partial charge on any atom is 0.262 e. The summed E-state index contributed by atoms with van der Waals surface area (Å²) in [7, 11) is 0. The molecule has 0 saturated carbocycles. The van der Waals surface area contributed by atoms with E-state index in [1.165, 1.54) is 6.07 Å². The molecule has 0 aromatic heterocycles. The van der Waals surface area contributed by atoms with E-state index in [0.717, 1.165) is 0 Å². The van der Waals surface area contributed by atoms with Gasteiger partial charge in [-0.15, -0.1) is 0 Å². The van der Waals surface area contributed by atoms with Gasteiger partial charge in [0, 0.05) is 6.42 Å². The van der Waals surface area contributed by atoms with E-state index in [9.17, 15) is 14.0 Å². The van der Waals surface area contributed by atoms with E-state index in [-0.39, 0.29) is 30.7 Å². The van der Waals surface area contributed by atoms with Gasteiger partial charge in [-0.2, -0.15) is 0 Å². The number of aryl methyl sites for hydroxylation is 1.